The van der Waals surface area contributed by atoms with Crippen LogP contribution in [0.25, 0.3) is 0 Å². The molecule has 4 nitrogen and oxygen atoms in total. The standard InChI is InChI=1S/C17H25NO3/c1-5-20-17(4,13-6-7-13)16(19)18-14-8-10-15(11-9-14)21-12(2)3/h8-13H,5-7H2,1-4H3,(H,18,19)/t17-/m0/s1. The van der Waals surface area contributed by atoms with Crippen molar-refractivity contribution in [3.8, 4) is 5.75 Å². The highest BCUT2D eigenvalue weighted by Gasteiger charge is 2.48. The van der Waals surface area contributed by atoms with Gasteiger partial charge < -0.3 is 14.8 Å². The Morgan fingerprint density at radius 3 is 2.43 bits per heavy atom. The fourth-order valence-corrected chi connectivity index (χ4v) is 2.45. The van der Waals surface area contributed by atoms with Crippen molar-refractivity contribution in [2.24, 2.45) is 5.92 Å². The second-order valence-electron chi connectivity index (χ2n) is 5.96. The van der Waals surface area contributed by atoms with Gasteiger partial charge in [0.15, 0.2) is 0 Å². The molecule has 1 aliphatic carbocycles. The van der Waals surface area contributed by atoms with E-state index in [-0.39, 0.29) is 12.0 Å². The number of ether oxygens (including phenoxy) is 2. The summed E-state index contributed by atoms with van der Waals surface area (Å²) >= 11 is 0. The summed E-state index contributed by atoms with van der Waals surface area (Å²) in [5.74, 6) is 1.07. The normalized spacial score (nSPS) is 17.4. The van der Waals surface area contributed by atoms with Crippen LogP contribution in [0.1, 0.15) is 40.5 Å². The Balaban J connectivity index is 2.01. The van der Waals surface area contributed by atoms with Gasteiger partial charge in [-0.25, -0.2) is 0 Å². The number of rotatable bonds is 7. The maximum absolute atomic E-state index is 12.5. The molecule has 0 bridgehead atoms. The molecule has 0 aromatic heterocycles. The lowest BCUT2D eigenvalue weighted by molar-refractivity contribution is -0.141. The number of amides is 1. The SMILES string of the molecule is CCO[C@](C)(C(=O)Nc1ccc(OC(C)C)cc1)C1CC1. The third kappa shape index (κ3) is 3.97. The van der Waals surface area contributed by atoms with Crippen molar-refractivity contribution in [2.45, 2.75) is 52.2 Å². The molecule has 1 aromatic carbocycles. The predicted octanol–water partition coefficient (Wildman–Crippen LogP) is 3.62. The van der Waals surface area contributed by atoms with Gasteiger partial charge >= 0.3 is 0 Å². The van der Waals surface area contributed by atoms with Gasteiger partial charge in [0.25, 0.3) is 5.91 Å². The smallest absolute Gasteiger partial charge is 0.256 e. The molecule has 21 heavy (non-hydrogen) atoms. The van der Waals surface area contributed by atoms with Gasteiger partial charge in [0.1, 0.15) is 11.4 Å². The van der Waals surface area contributed by atoms with E-state index in [1.807, 2.05) is 52.0 Å². The third-order valence-corrected chi connectivity index (χ3v) is 3.74. The minimum atomic E-state index is -0.720. The topological polar surface area (TPSA) is 47.6 Å². The molecule has 1 aromatic rings. The van der Waals surface area contributed by atoms with Crippen LogP contribution in [-0.4, -0.2) is 24.2 Å². The van der Waals surface area contributed by atoms with E-state index in [0.717, 1.165) is 24.3 Å². The molecule has 0 spiro atoms. The summed E-state index contributed by atoms with van der Waals surface area (Å²) in [6, 6.07) is 7.44. The number of nitrogens with one attached hydrogen (secondary N) is 1. The van der Waals surface area contributed by atoms with E-state index in [2.05, 4.69) is 5.32 Å². The van der Waals surface area contributed by atoms with Gasteiger partial charge in [-0.15, -0.1) is 0 Å². The first-order valence-corrected chi connectivity index (χ1v) is 7.68. The fraction of sp³-hybridized carbons (Fsp3) is 0.588. The van der Waals surface area contributed by atoms with Crippen molar-refractivity contribution in [3.63, 3.8) is 0 Å². The minimum absolute atomic E-state index is 0.0654. The first-order chi connectivity index (χ1) is 9.95. The Morgan fingerprint density at radius 2 is 1.95 bits per heavy atom. The highest BCUT2D eigenvalue weighted by molar-refractivity contribution is 5.97. The fourth-order valence-electron chi connectivity index (χ4n) is 2.45. The molecule has 1 atom stereocenters. The van der Waals surface area contributed by atoms with E-state index >= 15 is 0 Å². The molecule has 1 aliphatic rings. The van der Waals surface area contributed by atoms with E-state index in [4.69, 9.17) is 9.47 Å². The van der Waals surface area contributed by atoms with Crippen LogP contribution in [0.4, 0.5) is 5.69 Å². The Kier molecular flexibility index (Phi) is 4.88. The molecule has 1 fully saturated rings. The Labute approximate surface area is 126 Å². The second kappa shape index (κ2) is 6.48. The van der Waals surface area contributed by atoms with Crippen molar-refractivity contribution in [1.82, 2.24) is 0 Å². The largest absolute Gasteiger partial charge is 0.491 e. The number of carbonyl (C=O) groups excluding carboxylic acids is 1. The maximum Gasteiger partial charge on any atom is 0.256 e. The Hall–Kier alpha value is -1.55. The summed E-state index contributed by atoms with van der Waals surface area (Å²) in [6.45, 7) is 8.32. The first-order valence-electron chi connectivity index (χ1n) is 7.68. The monoisotopic (exact) mass is 291 g/mol. The molecule has 0 radical (unpaired) electrons. The van der Waals surface area contributed by atoms with Gasteiger partial charge in [0, 0.05) is 12.3 Å². The quantitative estimate of drug-likeness (QED) is 0.834. The van der Waals surface area contributed by atoms with Crippen molar-refractivity contribution in [1.29, 1.82) is 0 Å². The summed E-state index contributed by atoms with van der Waals surface area (Å²) in [5.41, 5.74) is 0.0460. The maximum atomic E-state index is 12.5. The van der Waals surface area contributed by atoms with Gasteiger partial charge in [0.05, 0.1) is 6.10 Å². The molecule has 0 heterocycles. The lowest BCUT2D eigenvalue weighted by atomic mass is 9.99. The van der Waals surface area contributed by atoms with Crippen LogP contribution in [0.3, 0.4) is 0 Å². The van der Waals surface area contributed by atoms with Gasteiger partial charge in [-0.05, 0) is 70.7 Å². The van der Waals surface area contributed by atoms with Crippen molar-refractivity contribution in [2.75, 3.05) is 11.9 Å². The number of benzene rings is 1. The molecule has 4 heteroatoms. The zero-order valence-electron chi connectivity index (χ0n) is 13.3. The average molecular weight is 291 g/mol. The van der Waals surface area contributed by atoms with Crippen LogP contribution >= 0.6 is 0 Å². The van der Waals surface area contributed by atoms with Crippen LogP contribution < -0.4 is 10.1 Å². The van der Waals surface area contributed by atoms with E-state index < -0.39 is 5.60 Å². The zero-order valence-corrected chi connectivity index (χ0v) is 13.3. The summed E-state index contributed by atoms with van der Waals surface area (Å²) < 4.78 is 11.3. The predicted molar refractivity (Wildman–Crippen MR) is 83.6 cm³/mol. The molecule has 1 N–H and O–H groups in total. The second-order valence-corrected chi connectivity index (χ2v) is 5.96. The van der Waals surface area contributed by atoms with Crippen LogP contribution in [-0.2, 0) is 9.53 Å². The molecule has 2 rings (SSSR count). The molecule has 0 unspecified atom stereocenters. The van der Waals surface area contributed by atoms with Crippen molar-refractivity contribution in [3.05, 3.63) is 24.3 Å². The highest BCUT2D eigenvalue weighted by atomic mass is 16.5. The number of hydrogen-bond donors (Lipinski definition) is 1. The molecule has 0 aliphatic heterocycles. The van der Waals surface area contributed by atoms with Crippen LogP contribution in [0.2, 0.25) is 0 Å². The molecular weight excluding hydrogens is 266 g/mol. The van der Waals surface area contributed by atoms with E-state index in [9.17, 15) is 4.79 Å². The third-order valence-electron chi connectivity index (χ3n) is 3.74. The lowest BCUT2D eigenvalue weighted by Crippen LogP contribution is -2.44. The van der Waals surface area contributed by atoms with Crippen molar-refractivity contribution < 1.29 is 14.3 Å². The van der Waals surface area contributed by atoms with Gasteiger partial charge in [-0.3, -0.25) is 4.79 Å². The molecule has 0 saturated heterocycles. The van der Waals surface area contributed by atoms with Gasteiger partial charge in [0.2, 0.25) is 0 Å². The molecular formula is C17H25NO3. The van der Waals surface area contributed by atoms with Crippen molar-refractivity contribution >= 4 is 11.6 Å². The zero-order chi connectivity index (χ0) is 15.5. The number of hydrogen-bond acceptors (Lipinski definition) is 3. The minimum Gasteiger partial charge on any atom is -0.491 e. The first kappa shape index (κ1) is 15.8. The van der Waals surface area contributed by atoms with E-state index in [1.165, 1.54) is 0 Å². The van der Waals surface area contributed by atoms with E-state index in [0.29, 0.717) is 12.5 Å². The Morgan fingerprint density at radius 1 is 1.33 bits per heavy atom. The summed E-state index contributed by atoms with van der Waals surface area (Å²) in [6.07, 6.45) is 2.26. The highest BCUT2D eigenvalue weighted by Crippen LogP contribution is 2.42. The number of carbonyl (C=O) groups is 1. The number of anilines is 1. The molecule has 1 saturated carbocycles. The molecule has 116 valence electrons. The van der Waals surface area contributed by atoms with Crippen LogP contribution in [0.15, 0.2) is 24.3 Å². The van der Waals surface area contributed by atoms with Gasteiger partial charge in [-0.2, -0.15) is 0 Å². The summed E-state index contributed by atoms with van der Waals surface area (Å²) in [7, 11) is 0. The average Bonchev–Trinajstić information content (AvgIpc) is 3.25. The Bertz CT molecular complexity index is 479. The van der Waals surface area contributed by atoms with Crippen LogP contribution in [0.5, 0.6) is 5.75 Å². The summed E-state index contributed by atoms with van der Waals surface area (Å²) in [4.78, 5) is 12.5. The molecule has 1 amide bonds. The summed E-state index contributed by atoms with van der Waals surface area (Å²) in [5, 5.41) is 2.95. The van der Waals surface area contributed by atoms with Crippen LogP contribution in [0, 0.1) is 5.92 Å². The van der Waals surface area contributed by atoms with Gasteiger partial charge in [-0.1, -0.05) is 0 Å². The lowest BCUT2D eigenvalue weighted by Gasteiger charge is -2.28. The van der Waals surface area contributed by atoms with E-state index in [1.54, 1.807) is 0 Å².